The number of unbranched alkanes of at least 4 members (excludes halogenated alkanes) is 25. The lowest BCUT2D eigenvalue weighted by atomic mass is 9.95. The molecule has 3 heterocycles. The minimum Gasteiger partial charge on any atom is -0.854 e. The van der Waals surface area contributed by atoms with Gasteiger partial charge in [0.25, 0.3) is 0 Å². The van der Waals surface area contributed by atoms with Gasteiger partial charge < -0.3 is 24.1 Å². The van der Waals surface area contributed by atoms with Crippen LogP contribution in [0.3, 0.4) is 0 Å². The lowest BCUT2D eigenvalue weighted by molar-refractivity contribution is -0.686. The topological polar surface area (TPSA) is 63.9 Å². The molecule has 0 atom stereocenters. The lowest BCUT2D eigenvalue weighted by Crippen LogP contribution is -2.40. The molecule has 0 saturated heterocycles. The Balaban J connectivity index is 0.000000242. The van der Waals surface area contributed by atoms with Crippen molar-refractivity contribution in [3.8, 4) is 34.3 Å². The largest absolute Gasteiger partial charge is 0.854 e. The summed E-state index contributed by atoms with van der Waals surface area (Å²) in [6.45, 7) is 3.64. The third-order valence-electron chi connectivity index (χ3n) is 11.5. The summed E-state index contributed by atoms with van der Waals surface area (Å²) in [5.74, 6) is 3.18. The van der Waals surface area contributed by atoms with Gasteiger partial charge in [-0.25, -0.2) is 0 Å². The third kappa shape index (κ3) is 14.9. The highest BCUT2D eigenvalue weighted by Gasteiger charge is 2.28. The molecule has 54 heavy (non-hydrogen) atoms. The first-order valence-electron chi connectivity index (χ1n) is 22.3. The van der Waals surface area contributed by atoms with Crippen LogP contribution in [-0.2, 0) is 13.0 Å². The van der Waals surface area contributed by atoms with Crippen molar-refractivity contribution in [1.29, 1.82) is 0 Å². The summed E-state index contributed by atoms with van der Waals surface area (Å²) in [6, 6.07) is 10.4. The van der Waals surface area contributed by atoms with Gasteiger partial charge in [0, 0.05) is 12.5 Å². The van der Waals surface area contributed by atoms with Crippen LogP contribution in [0, 0.1) is 0 Å². The van der Waals surface area contributed by atoms with Crippen LogP contribution >= 0.6 is 0 Å². The molecule has 0 bridgehead atoms. The van der Waals surface area contributed by atoms with Gasteiger partial charge in [0.2, 0.25) is 12.5 Å². The van der Waals surface area contributed by atoms with Crippen LogP contribution in [0.4, 0.5) is 0 Å². The van der Waals surface area contributed by atoms with Gasteiger partial charge in [0.1, 0.15) is 0 Å². The lowest BCUT2D eigenvalue weighted by Gasteiger charge is -2.17. The second-order valence-electron chi connectivity index (χ2n) is 15.8. The monoisotopic (exact) mass is 746 g/mol. The summed E-state index contributed by atoms with van der Waals surface area (Å²) >= 11 is 0. The molecule has 2 aliphatic rings. The number of methoxy groups -OCH3 is 2. The summed E-state index contributed by atoms with van der Waals surface area (Å²) in [7, 11) is 3.34. The van der Waals surface area contributed by atoms with E-state index in [1.165, 1.54) is 171 Å². The Morgan fingerprint density at radius 2 is 1.07 bits per heavy atom. The number of pyridine rings is 1. The first kappa shape index (κ1) is 43.7. The van der Waals surface area contributed by atoms with E-state index in [2.05, 4.69) is 42.0 Å². The summed E-state index contributed by atoms with van der Waals surface area (Å²) in [5, 5.41) is 12.5. The number of nitrogens with zero attached hydrogens (tertiary/aromatic N) is 1. The molecule has 302 valence electrons. The zero-order valence-electron chi connectivity index (χ0n) is 34.7. The van der Waals surface area contributed by atoms with E-state index in [1.54, 1.807) is 14.2 Å². The van der Waals surface area contributed by atoms with Crippen molar-refractivity contribution < 1.29 is 28.6 Å². The molecule has 6 heteroatoms. The number of hydrogen-bond acceptors (Lipinski definition) is 5. The van der Waals surface area contributed by atoms with Crippen LogP contribution in [-0.4, -0.2) is 27.6 Å². The molecule has 0 radical (unpaired) electrons. The van der Waals surface area contributed by atoms with E-state index in [4.69, 9.17) is 18.9 Å². The van der Waals surface area contributed by atoms with Crippen LogP contribution in [0.2, 0.25) is 0 Å². The van der Waals surface area contributed by atoms with Gasteiger partial charge in [-0.1, -0.05) is 174 Å². The molecule has 6 nitrogen and oxygen atoms in total. The Kier molecular flexibility index (Phi) is 21.7. The average molecular weight is 746 g/mol. The van der Waals surface area contributed by atoms with Gasteiger partial charge >= 0.3 is 0 Å². The predicted molar refractivity (Wildman–Crippen MR) is 223 cm³/mol. The summed E-state index contributed by atoms with van der Waals surface area (Å²) in [4.78, 5) is 0. The summed E-state index contributed by atoms with van der Waals surface area (Å²) in [6.07, 6.45) is 39.8. The van der Waals surface area contributed by atoms with E-state index in [0.717, 1.165) is 59.6 Å². The molecule has 0 amide bonds. The Morgan fingerprint density at radius 1 is 0.593 bits per heavy atom. The SMILES string of the molecule is CCCCCCCCCCCCCCCCCCCCCCCCCCCC[O-].COc1ccc2cc3[n+](cc2c1OC)CCc1cc2c(cc1-3)OCO2. The molecule has 5 rings (SSSR count). The van der Waals surface area contributed by atoms with Crippen molar-refractivity contribution in [2.24, 2.45) is 0 Å². The standard InChI is InChI=1S/C28H57O.C20H18NO4/c1-2-3-4-5-6-7-8-9-10-11-12-13-14-15-16-17-18-19-20-21-22-23-24-25-26-27-28-29;1-22-17-4-3-12-7-16-14-9-19-18(24-11-25-19)8-13(14)5-6-21(16)10-15(12)20(17)23-2/h2-28H2,1H3;3-4,7-10H,5-6,11H2,1-2H3/q-1;+1. The van der Waals surface area contributed by atoms with Crippen molar-refractivity contribution in [1.82, 2.24) is 0 Å². The van der Waals surface area contributed by atoms with Crippen LogP contribution in [0.25, 0.3) is 22.0 Å². The van der Waals surface area contributed by atoms with Gasteiger partial charge in [-0.3, -0.25) is 0 Å². The Hall–Kier alpha value is -2.99. The van der Waals surface area contributed by atoms with Crippen LogP contribution in [0.15, 0.2) is 36.5 Å². The molecule has 3 aromatic rings. The fraction of sp³-hybridized carbons (Fsp3) is 0.688. The Morgan fingerprint density at radius 3 is 1.54 bits per heavy atom. The van der Waals surface area contributed by atoms with Crippen LogP contribution in [0.5, 0.6) is 23.0 Å². The number of hydrogen-bond donors (Lipinski definition) is 0. The van der Waals surface area contributed by atoms with Gasteiger partial charge in [-0.05, 0) is 35.2 Å². The normalized spacial score (nSPS) is 12.7. The molecule has 0 aliphatic carbocycles. The molecule has 0 spiro atoms. The van der Waals surface area contributed by atoms with Crippen LogP contribution < -0.4 is 28.6 Å². The molecule has 0 unspecified atom stereocenters. The van der Waals surface area contributed by atoms with Crippen molar-refractivity contribution in [3.05, 3.63) is 42.1 Å². The van der Waals surface area contributed by atoms with E-state index in [0.29, 0.717) is 6.79 Å². The molecule has 2 aliphatic heterocycles. The summed E-state index contributed by atoms with van der Waals surface area (Å²) < 4.78 is 24.4. The highest BCUT2D eigenvalue weighted by molar-refractivity contribution is 5.91. The predicted octanol–water partition coefficient (Wildman–Crippen LogP) is 12.6. The van der Waals surface area contributed by atoms with Crippen molar-refractivity contribution >= 4 is 10.8 Å². The van der Waals surface area contributed by atoms with Crippen LogP contribution in [0.1, 0.15) is 179 Å². The maximum atomic E-state index is 10.4. The highest BCUT2D eigenvalue weighted by Crippen LogP contribution is 2.41. The maximum absolute atomic E-state index is 10.4. The number of benzene rings is 2. The number of aryl methyl sites for hydroxylation is 2. The minimum atomic E-state index is 0.124. The molecular weight excluding hydrogens is 671 g/mol. The van der Waals surface area contributed by atoms with E-state index >= 15 is 0 Å². The number of ether oxygens (including phenoxy) is 4. The first-order chi connectivity index (χ1) is 26.7. The second-order valence-corrected chi connectivity index (χ2v) is 15.8. The quantitative estimate of drug-likeness (QED) is 0.0547. The molecule has 2 aromatic carbocycles. The smallest absolute Gasteiger partial charge is 0.231 e. The molecule has 1 aromatic heterocycles. The van der Waals surface area contributed by atoms with E-state index in [-0.39, 0.29) is 6.61 Å². The molecule has 0 saturated carbocycles. The zero-order valence-corrected chi connectivity index (χ0v) is 34.7. The van der Waals surface area contributed by atoms with E-state index < -0.39 is 0 Å². The molecule has 0 N–H and O–H groups in total. The molecular formula is C48H75NO5. The van der Waals surface area contributed by atoms with Crippen molar-refractivity contribution in [3.63, 3.8) is 0 Å². The second kappa shape index (κ2) is 26.8. The van der Waals surface area contributed by atoms with Gasteiger partial charge in [0.05, 0.1) is 25.2 Å². The van der Waals surface area contributed by atoms with Crippen molar-refractivity contribution in [2.45, 2.75) is 187 Å². The Bertz CT molecular complexity index is 1430. The van der Waals surface area contributed by atoms with Gasteiger partial charge in [-0.15, -0.1) is 6.61 Å². The van der Waals surface area contributed by atoms with E-state index in [1.807, 2.05) is 6.07 Å². The summed E-state index contributed by atoms with van der Waals surface area (Å²) in [5.41, 5.74) is 3.68. The fourth-order valence-corrected chi connectivity index (χ4v) is 8.19. The van der Waals surface area contributed by atoms with Crippen molar-refractivity contribution in [2.75, 3.05) is 27.6 Å². The maximum Gasteiger partial charge on any atom is 0.231 e. The third-order valence-corrected chi connectivity index (χ3v) is 11.5. The number of fused-ring (bicyclic) bond motifs is 5. The van der Waals surface area contributed by atoms with E-state index in [9.17, 15) is 5.11 Å². The molecule has 0 fully saturated rings. The zero-order chi connectivity index (χ0) is 38.1. The Labute approximate surface area is 329 Å². The number of rotatable bonds is 28. The van der Waals surface area contributed by atoms with Gasteiger partial charge in [0.15, 0.2) is 35.7 Å². The first-order valence-corrected chi connectivity index (χ1v) is 22.3. The number of aromatic nitrogens is 1. The highest BCUT2D eigenvalue weighted by atomic mass is 16.7. The minimum absolute atomic E-state index is 0.124. The van der Waals surface area contributed by atoms with Gasteiger partial charge in [-0.2, -0.15) is 4.57 Å². The fourth-order valence-electron chi connectivity index (χ4n) is 8.19. The average Bonchev–Trinajstić information content (AvgIpc) is 3.66.